The van der Waals surface area contributed by atoms with Crippen LogP contribution in [0.1, 0.15) is 44.8 Å². The average Bonchev–Trinajstić information content (AvgIpc) is 3.39. The Morgan fingerprint density at radius 1 is 0.878 bits per heavy atom. The highest BCUT2D eigenvalue weighted by Gasteiger charge is 2.20. The molecule has 2 N–H and O–H groups in total. The summed E-state index contributed by atoms with van der Waals surface area (Å²) in [6.07, 6.45) is 0. The highest BCUT2D eigenvalue weighted by atomic mass is 19.1. The summed E-state index contributed by atoms with van der Waals surface area (Å²) in [4.78, 5) is 25.0. The molecule has 1 heterocycles. The van der Waals surface area contributed by atoms with E-state index in [1.165, 1.54) is 24.3 Å². The largest absolute Gasteiger partial charge is 0.478 e. The van der Waals surface area contributed by atoms with Crippen LogP contribution in [0.25, 0.3) is 32.9 Å². The van der Waals surface area contributed by atoms with Crippen molar-refractivity contribution in [3.05, 3.63) is 131 Å². The van der Waals surface area contributed by atoms with Crippen LogP contribution in [0.3, 0.4) is 0 Å². The van der Waals surface area contributed by atoms with Crippen molar-refractivity contribution in [2.24, 2.45) is 0 Å². The van der Waals surface area contributed by atoms with E-state index in [1.807, 2.05) is 67.6 Å². The third-order valence-electron chi connectivity index (χ3n) is 7.16. The zero-order valence-electron chi connectivity index (χ0n) is 22.1. The van der Waals surface area contributed by atoms with Gasteiger partial charge in [0.05, 0.1) is 23.7 Å². The number of aromatic carboxylic acids is 1. The summed E-state index contributed by atoms with van der Waals surface area (Å²) in [5.74, 6) is -1.60. The lowest BCUT2D eigenvalue weighted by Gasteiger charge is -2.16. The van der Waals surface area contributed by atoms with Crippen LogP contribution in [0.2, 0.25) is 0 Å². The lowest BCUT2D eigenvalue weighted by atomic mass is 10.00. The minimum absolute atomic E-state index is 0.179. The zero-order valence-corrected chi connectivity index (χ0v) is 22.1. The minimum Gasteiger partial charge on any atom is -0.478 e. The molecule has 0 aliphatic rings. The molecule has 0 aliphatic carbocycles. The predicted molar refractivity (Wildman–Crippen MR) is 155 cm³/mol. The second kappa shape index (κ2) is 10.7. The van der Waals surface area contributed by atoms with E-state index in [4.69, 9.17) is 0 Å². The number of carbonyl (C=O) groups excluding carboxylic acids is 1. The van der Waals surface area contributed by atoms with E-state index in [0.717, 1.165) is 33.0 Å². The fraction of sp³-hybridized carbons (Fsp3) is 0.0909. The van der Waals surface area contributed by atoms with Gasteiger partial charge >= 0.3 is 5.97 Å². The molecular formula is C33H25FN4O3. The molecule has 1 aromatic heterocycles. The molecule has 0 radical (unpaired) electrons. The number of carbonyl (C=O) groups is 2. The second-order valence-corrected chi connectivity index (χ2v) is 9.95. The number of nitrogens with one attached hydrogen (secondary N) is 1. The van der Waals surface area contributed by atoms with Crippen LogP contribution in [0.5, 0.6) is 0 Å². The number of nitrogens with zero attached hydrogens (tertiary/aromatic N) is 3. The van der Waals surface area contributed by atoms with Crippen molar-refractivity contribution >= 4 is 33.7 Å². The van der Waals surface area contributed by atoms with E-state index in [-0.39, 0.29) is 23.3 Å². The molecule has 0 aliphatic heterocycles. The first kappa shape index (κ1) is 25.9. The second-order valence-electron chi connectivity index (χ2n) is 9.95. The first-order valence-corrected chi connectivity index (χ1v) is 13.1. The third kappa shape index (κ3) is 5.27. The van der Waals surface area contributed by atoms with Gasteiger partial charge in [-0.15, -0.1) is 5.10 Å². The minimum atomic E-state index is -1.01. The number of carboxylic acids is 1. The molecule has 0 saturated heterocycles. The number of carboxylic acid groups (broad SMARTS) is 1. The fourth-order valence-electron chi connectivity index (χ4n) is 5.00. The number of hydrogen-bond acceptors (Lipinski definition) is 4. The van der Waals surface area contributed by atoms with Gasteiger partial charge in [0.15, 0.2) is 0 Å². The fourth-order valence-corrected chi connectivity index (χ4v) is 5.00. The average molecular weight is 545 g/mol. The normalized spacial score (nSPS) is 12.0. The molecule has 1 amide bonds. The van der Waals surface area contributed by atoms with Gasteiger partial charge in [-0.3, -0.25) is 4.79 Å². The van der Waals surface area contributed by atoms with Crippen molar-refractivity contribution in [1.29, 1.82) is 0 Å². The summed E-state index contributed by atoms with van der Waals surface area (Å²) in [5, 5.41) is 22.8. The Hall–Kier alpha value is -5.37. The summed E-state index contributed by atoms with van der Waals surface area (Å²) < 4.78 is 15.4. The molecule has 0 bridgehead atoms. The number of benzene rings is 5. The van der Waals surface area contributed by atoms with E-state index in [9.17, 15) is 19.1 Å². The van der Waals surface area contributed by atoms with Crippen molar-refractivity contribution in [1.82, 2.24) is 20.3 Å². The summed E-state index contributed by atoms with van der Waals surface area (Å²) in [6, 6.07) is 30.0. The van der Waals surface area contributed by atoms with E-state index in [2.05, 4.69) is 15.6 Å². The first-order valence-electron chi connectivity index (χ1n) is 13.1. The van der Waals surface area contributed by atoms with Crippen molar-refractivity contribution in [3.8, 4) is 11.1 Å². The van der Waals surface area contributed by atoms with Gasteiger partial charge in [0.25, 0.3) is 5.91 Å². The SMILES string of the molecule is C[C@H](NC(=O)c1cc(-c2ccccc2)cc2nnn(Cc3ccc4cc(F)ccc4c3)c12)c1ccc(C(=O)O)cc1. The monoisotopic (exact) mass is 544 g/mol. The molecule has 7 nitrogen and oxygen atoms in total. The molecule has 0 unspecified atom stereocenters. The molecule has 0 spiro atoms. The van der Waals surface area contributed by atoms with Gasteiger partial charge in [-0.05, 0) is 82.4 Å². The maximum atomic E-state index is 13.8. The Balaban J connectivity index is 1.38. The molecule has 5 aromatic carbocycles. The molecule has 8 heteroatoms. The number of rotatable bonds is 7. The number of aromatic nitrogens is 3. The maximum Gasteiger partial charge on any atom is 0.335 e. The van der Waals surface area contributed by atoms with Crippen LogP contribution in [-0.2, 0) is 6.54 Å². The lowest BCUT2D eigenvalue weighted by Crippen LogP contribution is -2.27. The molecular weight excluding hydrogens is 519 g/mol. The van der Waals surface area contributed by atoms with Crippen LogP contribution in [-0.4, -0.2) is 32.0 Å². The van der Waals surface area contributed by atoms with Gasteiger partial charge in [0.2, 0.25) is 0 Å². The van der Waals surface area contributed by atoms with Crippen LogP contribution in [0.4, 0.5) is 4.39 Å². The summed E-state index contributed by atoms with van der Waals surface area (Å²) >= 11 is 0. The van der Waals surface area contributed by atoms with Gasteiger partial charge in [-0.1, -0.05) is 65.9 Å². The summed E-state index contributed by atoms with van der Waals surface area (Å²) in [5.41, 5.74) is 5.26. The van der Waals surface area contributed by atoms with Crippen LogP contribution in [0, 0.1) is 5.82 Å². The number of amides is 1. The Kier molecular flexibility index (Phi) is 6.73. The Morgan fingerprint density at radius 2 is 1.61 bits per heavy atom. The predicted octanol–water partition coefficient (Wildman–Crippen LogP) is 6.63. The Morgan fingerprint density at radius 3 is 2.37 bits per heavy atom. The Labute approximate surface area is 234 Å². The van der Waals surface area contributed by atoms with Crippen molar-refractivity contribution in [2.45, 2.75) is 19.5 Å². The molecule has 6 aromatic rings. The first-order chi connectivity index (χ1) is 19.9. The number of halogens is 1. The topological polar surface area (TPSA) is 97.1 Å². The quantitative estimate of drug-likeness (QED) is 0.235. The van der Waals surface area contributed by atoms with Crippen LogP contribution < -0.4 is 5.32 Å². The van der Waals surface area contributed by atoms with Gasteiger partial charge < -0.3 is 10.4 Å². The van der Waals surface area contributed by atoms with Crippen LogP contribution >= 0.6 is 0 Å². The zero-order chi connectivity index (χ0) is 28.5. The Bertz CT molecular complexity index is 1920. The summed E-state index contributed by atoms with van der Waals surface area (Å²) in [6.45, 7) is 2.21. The van der Waals surface area contributed by atoms with E-state index < -0.39 is 5.97 Å². The van der Waals surface area contributed by atoms with Crippen LogP contribution in [0.15, 0.2) is 103 Å². The summed E-state index contributed by atoms with van der Waals surface area (Å²) in [7, 11) is 0. The van der Waals surface area contributed by atoms with E-state index >= 15 is 0 Å². The van der Waals surface area contributed by atoms with E-state index in [1.54, 1.807) is 22.9 Å². The van der Waals surface area contributed by atoms with Gasteiger partial charge in [0, 0.05) is 0 Å². The molecule has 41 heavy (non-hydrogen) atoms. The molecule has 6 rings (SSSR count). The molecule has 0 fully saturated rings. The number of fused-ring (bicyclic) bond motifs is 2. The molecule has 202 valence electrons. The van der Waals surface area contributed by atoms with Crippen molar-refractivity contribution in [2.75, 3.05) is 0 Å². The van der Waals surface area contributed by atoms with Crippen molar-refractivity contribution < 1.29 is 19.1 Å². The standard InChI is InChI=1S/C33H25FN4O3/c1-20(22-9-11-24(12-10-22)33(40)41)35-32(39)29-17-27(23-5-3-2-4-6-23)18-30-31(29)38(37-36-30)19-21-7-8-26-16-28(34)14-13-25(26)15-21/h2-18,20H,19H2,1H3,(H,35,39)(H,40,41)/t20-/m0/s1. The van der Waals surface area contributed by atoms with Gasteiger partial charge in [-0.2, -0.15) is 0 Å². The van der Waals surface area contributed by atoms with Gasteiger partial charge in [0.1, 0.15) is 16.9 Å². The molecule has 0 saturated carbocycles. The van der Waals surface area contributed by atoms with E-state index in [0.29, 0.717) is 23.1 Å². The smallest absolute Gasteiger partial charge is 0.335 e. The van der Waals surface area contributed by atoms with Gasteiger partial charge in [-0.25, -0.2) is 13.9 Å². The van der Waals surface area contributed by atoms with Crippen molar-refractivity contribution in [3.63, 3.8) is 0 Å². The molecule has 1 atom stereocenters. The maximum absolute atomic E-state index is 13.8. The highest BCUT2D eigenvalue weighted by molar-refractivity contribution is 6.06. The number of hydrogen-bond donors (Lipinski definition) is 2. The lowest BCUT2D eigenvalue weighted by molar-refractivity contribution is 0.0696. The third-order valence-corrected chi connectivity index (χ3v) is 7.16. The highest BCUT2D eigenvalue weighted by Crippen LogP contribution is 2.28.